The van der Waals surface area contributed by atoms with E-state index in [1.807, 2.05) is 17.1 Å². The highest BCUT2D eigenvalue weighted by Gasteiger charge is 2.38. The number of aliphatic carboxylic acids is 1. The lowest BCUT2D eigenvalue weighted by Gasteiger charge is -2.40. The fourth-order valence-electron chi connectivity index (χ4n) is 3.21. The van der Waals surface area contributed by atoms with E-state index in [2.05, 4.69) is 13.8 Å². The number of likely N-dealkylation sites (tertiary alicyclic amines) is 1. The molecule has 0 aromatic heterocycles. The number of piperidine rings is 1. The van der Waals surface area contributed by atoms with Crippen molar-refractivity contribution >= 4 is 11.9 Å². The maximum absolute atomic E-state index is 12.6. The van der Waals surface area contributed by atoms with Crippen molar-refractivity contribution in [1.82, 2.24) is 4.90 Å². The third-order valence-corrected chi connectivity index (χ3v) is 4.28. The Morgan fingerprint density at radius 1 is 1.21 bits per heavy atom. The van der Waals surface area contributed by atoms with Gasteiger partial charge in [0, 0.05) is 13.1 Å². The van der Waals surface area contributed by atoms with Crippen LogP contribution in [0.3, 0.4) is 0 Å². The molecule has 0 aromatic carbocycles. The zero-order chi connectivity index (χ0) is 14.0. The summed E-state index contributed by atoms with van der Waals surface area (Å²) < 4.78 is 0. The minimum Gasteiger partial charge on any atom is -0.481 e. The first kappa shape index (κ1) is 14.1. The van der Waals surface area contributed by atoms with Gasteiger partial charge in [-0.2, -0.15) is 0 Å². The van der Waals surface area contributed by atoms with Crippen LogP contribution in [0.2, 0.25) is 0 Å². The molecule has 2 rings (SSSR count). The standard InChI is InChI=1S/C15H23NO3/c1-15(2)8-5-9-16(10-15)13(17)11-6-3-4-7-12(11)14(18)19/h3-4,11-12H,5-10H2,1-2H3,(H,18,19). The molecule has 1 fully saturated rings. The van der Waals surface area contributed by atoms with Crippen molar-refractivity contribution in [3.8, 4) is 0 Å². The molecular formula is C15H23NO3. The second-order valence-corrected chi connectivity index (χ2v) is 6.52. The number of carbonyl (C=O) groups is 2. The number of carboxylic acid groups (broad SMARTS) is 1. The Kier molecular flexibility index (Phi) is 3.97. The summed E-state index contributed by atoms with van der Waals surface area (Å²) in [6.45, 7) is 5.86. The van der Waals surface area contributed by atoms with E-state index in [9.17, 15) is 14.7 Å². The van der Waals surface area contributed by atoms with Crippen LogP contribution in [-0.4, -0.2) is 35.0 Å². The third-order valence-electron chi connectivity index (χ3n) is 4.28. The Bertz CT molecular complexity index is 400. The average molecular weight is 265 g/mol. The van der Waals surface area contributed by atoms with Gasteiger partial charge >= 0.3 is 5.97 Å². The lowest BCUT2D eigenvalue weighted by molar-refractivity contribution is -0.151. The van der Waals surface area contributed by atoms with Gasteiger partial charge < -0.3 is 10.0 Å². The lowest BCUT2D eigenvalue weighted by atomic mass is 9.79. The minimum absolute atomic E-state index is 0.0320. The molecule has 4 nitrogen and oxygen atoms in total. The molecule has 4 heteroatoms. The maximum atomic E-state index is 12.6. The van der Waals surface area contributed by atoms with Crippen LogP contribution >= 0.6 is 0 Å². The molecule has 1 N–H and O–H groups in total. The Morgan fingerprint density at radius 2 is 1.84 bits per heavy atom. The highest BCUT2D eigenvalue weighted by Crippen LogP contribution is 2.33. The van der Waals surface area contributed by atoms with E-state index >= 15 is 0 Å². The van der Waals surface area contributed by atoms with Crippen molar-refractivity contribution in [2.75, 3.05) is 13.1 Å². The predicted molar refractivity (Wildman–Crippen MR) is 72.6 cm³/mol. The van der Waals surface area contributed by atoms with Crippen LogP contribution in [0, 0.1) is 17.3 Å². The summed E-state index contributed by atoms with van der Waals surface area (Å²) in [6, 6.07) is 0. The summed E-state index contributed by atoms with van der Waals surface area (Å²) in [6.07, 6.45) is 7.00. The molecule has 2 unspecified atom stereocenters. The number of allylic oxidation sites excluding steroid dienone is 2. The van der Waals surface area contributed by atoms with Gasteiger partial charge in [-0.1, -0.05) is 26.0 Å². The van der Waals surface area contributed by atoms with E-state index in [0.29, 0.717) is 12.8 Å². The molecular weight excluding hydrogens is 242 g/mol. The van der Waals surface area contributed by atoms with Crippen LogP contribution in [0.4, 0.5) is 0 Å². The van der Waals surface area contributed by atoms with Gasteiger partial charge in [-0.05, 0) is 31.1 Å². The third kappa shape index (κ3) is 3.17. The SMILES string of the molecule is CC1(C)CCCN(C(=O)C2CC=CCC2C(=O)O)C1. The zero-order valence-corrected chi connectivity index (χ0v) is 11.8. The predicted octanol–water partition coefficient (Wildman–Crippen LogP) is 2.30. The number of nitrogens with zero attached hydrogens (tertiary/aromatic N) is 1. The number of carboxylic acids is 1. The van der Waals surface area contributed by atoms with Gasteiger partial charge in [0.2, 0.25) is 5.91 Å². The summed E-state index contributed by atoms with van der Waals surface area (Å²) >= 11 is 0. The number of amides is 1. The first-order valence-electron chi connectivity index (χ1n) is 7.07. The van der Waals surface area contributed by atoms with Crippen LogP contribution in [-0.2, 0) is 9.59 Å². The largest absolute Gasteiger partial charge is 0.481 e. The first-order chi connectivity index (χ1) is 8.91. The van der Waals surface area contributed by atoms with Crippen molar-refractivity contribution in [2.45, 2.75) is 39.5 Å². The highest BCUT2D eigenvalue weighted by molar-refractivity contribution is 5.85. The van der Waals surface area contributed by atoms with Crippen molar-refractivity contribution in [3.63, 3.8) is 0 Å². The molecule has 1 amide bonds. The lowest BCUT2D eigenvalue weighted by Crippen LogP contribution is -2.48. The zero-order valence-electron chi connectivity index (χ0n) is 11.8. The maximum Gasteiger partial charge on any atom is 0.307 e. The van der Waals surface area contributed by atoms with E-state index in [4.69, 9.17) is 0 Å². The highest BCUT2D eigenvalue weighted by atomic mass is 16.4. The van der Waals surface area contributed by atoms with Gasteiger partial charge in [0.05, 0.1) is 11.8 Å². The van der Waals surface area contributed by atoms with Gasteiger partial charge in [-0.25, -0.2) is 0 Å². The van der Waals surface area contributed by atoms with Gasteiger partial charge in [-0.3, -0.25) is 9.59 Å². The topological polar surface area (TPSA) is 57.6 Å². The average Bonchev–Trinajstić information content (AvgIpc) is 2.36. The quantitative estimate of drug-likeness (QED) is 0.779. The van der Waals surface area contributed by atoms with Gasteiger partial charge in [0.25, 0.3) is 0 Å². The molecule has 1 heterocycles. The summed E-state index contributed by atoms with van der Waals surface area (Å²) in [5.74, 6) is -1.75. The van der Waals surface area contributed by atoms with E-state index in [-0.39, 0.29) is 17.2 Å². The van der Waals surface area contributed by atoms with Crippen LogP contribution in [0.5, 0.6) is 0 Å². The molecule has 0 spiro atoms. The number of hydrogen-bond acceptors (Lipinski definition) is 2. The smallest absolute Gasteiger partial charge is 0.307 e. The minimum atomic E-state index is -0.848. The monoisotopic (exact) mass is 265 g/mol. The Balaban J connectivity index is 2.09. The van der Waals surface area contributed by atoms with Crippen molar-refractivity contribution in [3.05, 3.63) is 12.2 Å². The second kappa shape index (κ2) is 5.35. The molecule has 0 radical (unpaired) electrons. The Morgan fingerprint density at radius 3 is 2.42 bits per heavy atom. The molecule has 106 valence electrons. The van der Waals surface area contributed by atoms with E-state index in [0.717, 1.165) is 25.9 Å². The number of carbonyl (C=O) groups excluding carboxylic acids is 1. The van der Waals surface area contributed by atoms with E-state index < -0.39 is 11.9 Å². The molecule has 1 aliphatic carbocycles. The van der Waals surface area contributed by atoms with Gasteiger partial charge in [0.15, 0.2) is 0 Å². The van der Waals surface area contributed by atoms with Crippen LogP contribution < -0.4 is 0 Å². The summed E-state index contributed by atoms with van der Waals surface area (Å²) in [7, 11) is 0. The first-order valence-corrected chi connectivity index (χ1v) is 7.07. The van der Waals surface area contributed by atoms with Crippen molar-refractivity contribution in [2.24, 2.45) is 17.3 Å². The van der Waals surface area contributed by atoms with Gasteiger partial charge in [-0.15, -0.1) is 0 Å². The number of hydrogen-bond donors (Lipinski definition) is 1. The van der Waals surface area contributed by atoms with Gasteiger partial charge in [0.1, 0.15) is 0 Å². The summed E-state index contributed by atoms with van der Waals surface area (Å²) in [5.41, 5.74) is 0.150. The molecule has 2 atom stereocenters. The summed E-state index contributed by atoms with van der Waals surface area (Å²) in [4.78, 5) is 25.7. The molecule has 2 aliphatic rings. The fraction of sp³-hybridized carbons (Fsp3) is 0.733. The summed E-state index contributed by atoms with van der Waals surface area (Å²) in [5, 5.41) is 9.25. The molecule has 0 bridgehead atoms. The molecule has 0 aromatic rings. The Labute approximate surface area is 114 Å². The van der Waals surface area contributed by atoms with Crippen LogP contribution in [0.25, 0.3) is 0 Å². The fourth-order valence-corrected chi connectivity index (χ4v) is 3.21. The van der Waals surface area contributed by atoms with Crippen LogP contribution in [0.1, 0.15) is 39.5 Å². The number of rotatable bonds is 2. The van der Waals surface area contributed by atoms with E-state index in [1.54, 1.807) is 0 Å². The molecule has 0 saturated carbocycles. The molecule has 19 heavy (non-hydrogen) atoms. The normalized spacial score (nSPS) is 30.1. The van der Waals surface area contributed by atoms with E-state index in [1.165, 1.54) is 0 Å². The van der Waals surface area contributed by atoms with Crippen molar-refractivity contribution < 1.29 is 14.7 Å². The molecule has 1 aliphatic heterocycles. The van der Waals surface area contributed by atoms with Crippen LogP contribution in [0.15, 0.2) is 12.2 Å². The molecule has 1 saturated heterocycles. The van der Waals surface area contributed by atoms with Crippen molar-refractivity contribution in [1.29, 1.82) is 0 Å². The Hall–Kier alpha value is -1.32. The second-order valence-electron chi connectivity index (χ2n) is 6.52.